The maximum Gasteiger partial charge on any atom is 0.340 e. The van der Waals surface area contributed by atoms with E-state index in [2.05, 4.69) is 10.3 Å². The van der Waals surface area contributed by atoms with Crippen molar-refractivity contribution in [3.63, 3.8) is 0 Å². The van der Waals surface area contributed by atoms with Gasteiger partial charge in [-0.3, -0.25) is 9.78 Å². The second-order valence-electron chi connectivity index (χ2n) is 7.00. The minimum Gasteiger partial charge on any atom is -0.461 e. The van der Waals surface area contributed by atoms with Gasteiger partial charge < -0.3 is 14.2 Å². The number of hydrogen-bond donors (Lipinski definition) is 1. The number of hydrogen-bond acceptors (Lipinski definition) is 5. The van der Waals surface area contributed by atoms with Crippen LogP contribution in [-0.4, -0.2) is 10.9 Å². The van der Waals surface area contributed by atoms with Gasteiger partial charge in [0.25, 0.3) is 0 Å². The zero-order valence-corrected chi connectivity index (χ0v) is 16.2. The van der Waals surface area contributed by atoms with Crippen molar-refractivity contribution in [2.45, 2.75) is 34.1 Å². The van der Waals surface area contributed by atoms with Crippen molar-refractivity contribution in [1.82, 2.24) is 4.98 Å². The van der Waals surface area contributed by atoms with Crippen molar-refractivity contribution in [1.29, 1.82) is 0 Å². The molecule has 6 nitrogen and oxygen atoms in total. The molecule has 0 saturated carbocycles. The summed E-state index contributed by atoms with van der Waals surface area (Å²) >= 11 is 0. The van der Waals surface area contributed by atoms with E-state index in [9.17, 15) is 9.59 Å². The van der Waals surface area contributed by atoms with Crippen LogP contribution >= 0.6 is 0 Å². The van der Waals surface area contributed by atoms with Gasteiger partial charge >= 0.3 is 5.63 Å². The highest BCUT2D eigenvalue weighted by atomic mass is 16.4. The molecule has 0 bridgehead atoms. The third-order valence-corrected chi connectivity index (χ3v) is 5.23. The zero-order valence-electron chi connectivity index (χ0n) is 16.2. The van der Waals surface area contributed by atoms with Crippen LogP contribution in [0.4, 0.5) is 5.69 Å². The van der Waals surface area contributed by atoms with Gasteiger partial charge in [0.2, 0.25) is 5.91 Å². The normalized spacial score (nSPS) is 11.3. The number of carbonyl (C=O) groups is 1. The molecule has 0 saturated heterocycles. The van der Waals surface area contributed by atoms with Gasteiger partial charge in [-0.15, -0.1) is 0 Å². The highest BCUT2D eigenvalue weighted by Gasteiger charge is 2.20. The number of benzene rings is 1. The molecule has 1 N–H and O–H groups in total. The van der Waals surface area contributed by atoms with Crippen LogP contribution in [0.3, 0.4) is 0 Å². The zero-order chi connectivity index (χ0) is 20.0. The first-order chi connectivity index (χ1) is 13.4. The van der Waals surface area contributed by atoms with E-state index in [1.54, 1.807) is 24.5 Å². The molecular formula is C22H20N2O4. The molecule has 6 heteroatoms. The van der Waals surface area contributed by atoms with E-state index < -0.39 is 5.63 Å². The molecule has 0 fully saturated rings. The van der Waals surface area contributed by atoms with Gasteiger partial charge in [0.05, 0.1) is 23.9 Å². The maximum absolute atomic E-state index is 12.6. The van der Waals surface area contributed by atoms with Crippen molar-refractivity contribution in [2.75, 3.05) is 5.32 Å². The van der Waals surface area contributed by atoms with Gasteiger partial charge in [0, 0.05) is 22.5 Å². The smallest absolute Gasteiger partial charge is 0.340 e. The lowest BCUT2D eigenvalue weighted by molar-refractivity contribution is -0.115. The molecule has 4 rings (SSSR count). The van der Waals surface area contributed by atoms with Crippen LogP contribution in [0.5, 0.6) is 0 Å². The number of rotatable bonds is 3. The van der Waals surface area contributed by atoms with Crippen LogP contribution in [-0.2, 0) is 11.2 Å². The molecule has 1 amide bonds. The van der Waals surface area contributed by atoms with Crippen molar-refractivity contribution in [2.24, 2.45) is 0 Å². The Hall–Kier alpha value is -3.41. The van der Waals surface area contributed by atoms with Crippen LogP contribution in [0.2, 0.25) is 0 Å². The lowest BCUT2D eigenvalue weighted by atomic mass is 9.99. The predicted octanol–water partition coefficient (Wildman–Crippen LogP) is 4.35. The number of aromatic nitrogens is 1. The second kappa shape index (κ2) is 6.64. The molecule has 0 atom stereocenters. The summed E-state index contributed by atoms with van der Waals surface area (Å²) in [6.07, 6.45) is 3.11. The number of furan rings is 1. The lowest BCUT2D eigenvalue weighted by Gasteiger charge is -2.10. The molecule has 4 aromatic rings. The Labute approximate surface area is 161 Å². The fraction of sp³-hybridized carbons (Fsp3) is 0.227. The summed E-state index contributed by atoms with van der Waals surface area (Å²) in [7, 11) is 0. The number of nitrogens with zero attached hydrogens (tertiary/aromatic N) is 1. The van der Waals surface area contributed by atoms with Gasteiger partial charge in [-0.25, -0.2) is 4.79 Å². The average Bonchev–Trinajstić information content (AvgIpc) is 2.96. The quantitative estimate of drug-likeness (QED) is 0.537. The monoisotopic (exact) mass is 376 g/mol. The standard InChI is InChI=1S/C22H20N2O4/c1-11-14(4)27-20-13(3)21-17(8-16(11)20)12(2)18(22(26)28-21)9-19(25)24-15-6-5-7-23-10-15/h5-8,10H,9H2,1-4H3,(H,24,25). The average molecular weight is 376 g/mol. The van der Waals surface area contributed by atoms with Crippen LogP contribution in [0.15, 0.2) is 44.2 Å². The van der Waals surface area contributed by atoms with E-state index >= 15 is 0 Å². The molecule has 28 heavy (non-hydrogen) atoms. The molecule has 3 aromatic heterocycles. The molecular weight excluding hydrogens is 356 g/mol. The van der Waals surface area contributed by atoms with E-state index in [0.29, 0.717) is 16.8 Å². The highest BCUT2D eigenvalue weighted by molar-refractivity contribution is 6.00. The van der Waals surface area contributed by atoms with Gasteiger partial charge in [0.1, 0.15) is 16.9 Å². The predicted molar refractivity (Wildman–Crippen MR) is 108 cm³/mol. The molecule has 3 heterocycles. The van der Waals surface area contributed by atoms with Gasteiger partial charge in [-0.1, -0.05) is 0 Å². The molecule has 0 radical (unpaired) electrons. The van der Waals surface area contributed by atoms with Crippen LogP contribution in [0.25, 0.3) is 21.9 Å². The largest absolute Gasteiger partial charge is 0.461 e. The summed E-state index contributed by atoms with van der Waals surface area (Å²) in [6.45, 7) is 7.64. The molecule has 0 aliphatic rings. The number of pyridine rings is 1. The molecule has 142 valence electrons. The Morgan fingerprint density at radius 1 is 1.04 bits per heavy atom. The topological polar surface area (TPSA) is 85.3 Å². The highest BCUT2D eigenvalue weighted by Crippen LogP contribution is 2.34. The van der Waals surface area contributed by atoms with E-state index in [0.717, 1.165) is 38.8 Å². The first kappa shape index (κ1) is 18.0. The van der Waals surface area contributed by atoms with Crippen molar-refractivity contribution in [3.8, 4) is 0 Å². The number of nitrogens with one attached hydrogen (secondary N) is 1. The fourth-order valence-corrected chi connectivity index (χ4v) is 3.50. The van der Waals surface area contributed by atoms with Gasteiger partial charge in [-0.05, 0) is 57.0 Å². The molecule has 0 spiro atoms. The SMILES string of the molecule is Cc1oc2c(C)c3oc(=O)c(CC(=O)Nc4cccnc4)c(C)c3cc2c1C. The number of fused-ring (bicyclic) bond motifs is 2. The van der Waals surface area contributed by atoms with Crippen molar-refractivity contribution >= 4 is 33.5 Å². The molecule has 0 aliphatic heterocycles. The summed E-state index contributed by atoms with van der Waals surface area (Å²) in [4.78, 5) is 29.0. The Balaban J connectivity index is 1.81. The molecule has 0 unspecified atom stereocenters. The number of aryl methyl sites for hydroxylation is 4. The fourth-order valence-electron chi connectivity index (χ4n) is 3.50. The second-order valence-corrected chi connectivity index (χ2v) is 7.00. The minimum atomic E-state index is -0.506. The van der Waals surface area contributed by atoms with Crippen molar-refractivity contribution < 1.29 is 13.6 Å². The summed E-state index contributed by atoms with van der Waals surface area (Å²) in [5.74, 6) is 0.542. The molecule has 0 aliphatic carbocycles. The van der Waals surface area contributed by atoms with Crippen LogP contribution in [0.1, 0.15) is 28.0 Å². The van der Waals surface area contributed by atoms with E-state index in [-0.39, 0.29) is 12.3 Å². The summed E-state index contributed by atoms with van der Waals surface area (Å²) < 4.78 is 11.5. The Kier molecular flexibility index (Phi) is 4.26. The summed E-state index contributed by atoms with van der Waals surface area (Å²) in [5.41, 5.74) is 4.25. The first-order valence-electron chi connectivity index (χ1n) is 9.02. The van der Waals surface area contributed by atoms with E-state index in [1.807, 2.05) is 33.8 Å². The minimum absolute atomic E-state index is 0.0700. The van der Waals surface area contributed by atoms with E-state index in [4.69, 9.17) is 8.83 Å². The lowest BCUT2D eigenvalue weighted by Crippen LogP contribution is -2.20. The molecule has 1 aromatic carbocycles. The summed E-state index contributed by atoms with van der Waals surface area (Å²) in [5, 5.41) is 4.56. The van der Waals surface area contributed by atoms with Crippen molar-refractivity contribution in [3.05, 3.63) is 69.0 Å². The maximum atomic E-state index is 12.6. The van der Waals surface area contributed by atoms with Crippen LogP contribution in [0, 0.1) is 27.7 Å². The Bertz CT molecular complexity index is 1280. The Morgan fingerprint density at radius 2 is 1.75 bits per heavy atom. The van der Waals surface area contributed by atoms with E-state index in [1.165, 1.54) is 0 Å². The number of amides is 1. The number of carbonyl (C=O) groups excluding carboxylic acids is 1. The first-order valence-corrected chi connectivity index (χ1v) is 9.02. The Morgan fingerprint density at radius 3 is 2.46 bits per heavy atom. The summed E-state index contributed by atoms with van der Waals surface area (Å²) in [6, 6.07) is 5.45. The number of anilines is 1. The third-order valence-electron chi connectivity index (χ3n) is 5.23. The van der Waals surface area contributed by atoms with Crippen LogP contribution < -0.4 is 10.9 Å². The van der Waals surface area contributed by atoms with Gasteiger partial charge in [-0.2, -0.15) is 0 Å². The van der Waals surface area contributed by atoms with Gasteiger partial charge in [0.15, 0.2) is 0 Å². The third kappa shape index (κ3) is 2.87.